The molecule has 8 heteroatoms. The molecule has 1 atom stereocenters. The van der Waals surface area contributed by atoms with E-state index in [-0.39, 0.29) is 21.9 Å². The van der Waals surface area contributed by atoms with Crippen LogP contribution in [0, 0.1) is 0 Å². The van der Waals surface area contributed by atoms with Crippen LogP contribution in [-0.4, -0.2) is 25.3 Å². The van der Waals surface area contributed by atoms with E-state index >= 15 is 0 Å². The number of fused-ring (bicyclic) bond motifs is 1. The second kappa shape index (κ2) is 4.54. The molecule has 3 rings (SSSR count). The average molecular weight is 299 g/mol. The highest BCUT2D eigenvalue weighted by Gasteiger charge is 2.29. The van der Waals surface area contributed by atoms with E-state index in [0.29, 0.717) is 18.4 Å². The maximum absolute atomic E-state index is 12.1. The lowest BCUT2D eigenvalue weighted by molar-refractivity contribution is -0.120. The number of rotatable bonds is 1. The summed E-state index contributed by atoms with van der Waals surface area (Å²) in [5.74, 6) is 0.000372. The Kier molecular flexibility index (Phi) is 2.99. The predicted octanol–water partition coefficient (Wildman–Crippen LogP) is 1.79. The summed E-state index contributed by atoms with van der Waals surface area (Å²) in [7, 11) is 0. The molecule has 98 valence electrons. The highest BCUT2D eigenvalue weighted by molar-refractivity contribution is 6.29. The topological polar surface area (TPSA) is 77.7 Å². The fourth-order valence-corrected chi connectivity index (χ4v) is 2.62. The van der Waals surface area contributed by atoms with Crippen LogP contribution >= 0.6 is 23.2 Å². The van der Waals surface area contributed by atoms with Gasteiger partial charge in [-0.3, -0.25) is 14.2 Å². The van der Waals surface area contributed by atoms with E-state index in [9.17, 15) is 9.59 Å². The van der Waals surface area contributed by atoms with Crippen LogP contribution in [0.1, 0.15) is 25.3 Å². The second-order valence-corrected chi connectivity index (χ2v) is 5.00. The molecule has 0 saturated heterocycles. The third-order valence-corrected chi connectivity index (χ3v) is 3.58. The smallest absolute Gasteiger partial charge is 0.290 e. The monoisotopic (exact) mass is 298 g/mol. The summed E-state index contributed by atoms with van der Waals surface area (Å²) >= 11 is 11.6. The van der Waals surface area contributed by atoms with Gasteiger partial charge >= 0.3 is 0 Å². The Balaban J connectivity index is 2.37. The van der Waals surface area contributed by atoms with Crippen LogP contribution in [0.15, 0.2) is 11.0 Å². The van der Waals surface area contributed by atoms with Gasteiger partial charge < -0.3 is 0 Å². The quantitative estimate of drug-likeness (QED) is 0.750. The van der Waals surface area contributed by atoms with Crippen LogP contribution in [0.25, 0.3) is 11.2 Å². The molecule has 6 nitrogen and oxygen atoms in total. The number of hydrogen-bond donors (Lipinski definition) is 0. The molecule has 0 radical (unpaired) electrons. The molecule has 0 aliphatic heterocycles. The normalized spacial score (nSPS) is 19.3. The van der Waals surface area contributed by atoms with Crippen molar-refractivity contribution in [2.75, 3.05) is 0 Å². The van der Waals surface area contributed by atoms with Crippen molar-refractivity contribution in [3.8, 4) is 0 Å². The van der Waals surface area contributed by atoms with Crippen molar-refractivity contribution in [2.24, 2.45) is 0 Å². The highest BCUT2D eigenvalue weighted by Crippen LogP contribution is 2.27. The molecule has 0 aromatic carbocycles. The Hall–Kier alpha value is -1.53. The lowest BCUT2D eigenvalue weighted by Crippen LogP contribution is -2.29. The predicted molar refractivity (Wildman–Crippen MR) is 69.5 cm³/mol. The number of carbonyl (C=O) groups is 1. The zero-order valence-corrected chi connectivity index (χ0v) is 11.1. The van der Waals surface area contributed by atoms with Crippen LogP contribution in [0.2, 0.25) is 10.4 Å². The van der Waals surface area contributed by atoms with Crippen LogP contribution in [0.3, 0.4) is 0 Å². The molecule has 2 heterocycles. The Labute approximate surface area is 117 Å². The van der Waals surface area contributed by atoms with E-state index < -0.39 is 11.6 Å². The Morgan fingerprint density at radius 1 is 1.26 bits per heavy atom. The first-order valence-corrected chi connectivity index (χ1v) is 6.46. The van der Waals surface area contributed by atoms with Gasteiger partial charge in [-0.15, -0.1) is 0 Å². The van der Waals surface area contributed by atoms with E-state index in [1.54, 1.807) is 0 Å². The molecule has 1 aliphatic carbocycles. The van der Waals surface area contributed by atoms with E-state index in [2.05, 4.69) is 15.0 Å². The lowest BCUT2D eigenvalue weighted by atomic mass is 10.2. The fourth-order valence-electron chi connectivity index (χ4n) is 2.31. The number of halogens is 2. The molecule has 0 amide bonds. The molecule has 1 saturated carbocycles. The van der Waals surface area contributed by atoms with E-state index in [4.69, 9.17) is 23.2 Å². The van der Waals surface area contributed by atoms with Gasteiger partial charge in [0.05, 0.1) is 12.2 Å². The Bertz CT molecular complexity index is 743. The van der Waals surface area contributed by atoms with E-state index in [0.717, 1.165) is 6.42 Å². The largest absolute Gasteiger partial charge is 0.297 e. The maximum atomic E-state index is 12.1. The number of hydrogen-bond acceptors (Lipinski definition) is 5. The number of Topliss-reactive ketones (excluding diaryl/α,β-unsaturated/α-hetero) is 1. The van der Waals surface area contributed by atoms with Gasteiger partial charge in [0.25, 0.3) is 5.56 Å². The molecule has 0 N–H and O–H groups in total. The number of aromatic nitrogens is 4. The molecule has 1 fully saturated rings. The molecular weight excluding hydrogens is 291 g/mol. The summed E-state index contributed by atoms with van der Waals surface area (Å²) in [4.78, 5) is 35.7. The fraction of sp³-hybridized carbons (Fsp3) is 0.364. The van der Waals surface area contributed by atoms with Gasteiger partial charge in [0.1, 0.15) is 5.52 Å². The molecule has 1 unspecified atom stereocenters. The maximum Gasteiger partial charge on any atom is 0.290 e. The van der Waals surface area contributed by atoms with Gasteiger partial charge in [-0.25, -0.2) is 9.97 Å². The summed E-state index contributed by atoms with van der Waals surface area (Å²) in [6, 6.07) is -0.540. The highest BCUT2D eigenvalue weighted by atomic mass is 35.5. The van der Waals surface area contributed by atoms with Crippen LogP contribution in [0.4, 0.5) is 0 Å². The third kappa shape index (κ3) is 2.01. The van der Waals surface area contributed by atoms with Crippen molar-refractivity contribution < 1.29 is 4.79 Å². The van der Waals surface area contributed by atoms with Crippen LogP contribution < -0.4 is 5.56 Å². The standard InChI is InChI=1S/C11H8Cl2N4O2/c12-8-10(19)17(6-2-1-3-7(6)18)9-5(15-8)4-14-11(13)16-9/h4,6H,1-3H2. The summed E-state index contributed by atoms with van der Waals surface area (Å²) in [6.07, 6.45) is 3.18. The molecule has 1 aliphatic rings. The van der Waals surface area contributed by atoms with Gasteiger partial charge in [-0.1, -0.05) is 11.6 Å². The minimum absolute atomic E-state index is 0.000372. The van der Waals surface area contributed by atoms with Gasteiger partial charge in [-0.05, 0) is 24.4 Å². The molecular formula is C11H8Cl2N4O2. The summed E-state index contributed by atoms with van der Waals surface area (Å²) in [6.45, 7) is 0. The minimum atomic E-state index is -0.540. The van der Waals surface area contributed by atoms with Gasteiger partial charge in [0, 0.05) is 6.42 Å². The number of ketones is 1. The summed E-state index contributed by atoms with van der Waals surface area (Å²) in [5.41, 5.74) is 0.0625. The van der Waals surface area contributed by atoms with Crippen molar-refractivity contribution in [2.45, 2.75) is 25.3 Å². The minimum Gasteiger partial charge on any atom is -0.297 e. The SMILES string of the molecule is O=C1CCCC1n1c(=O)c(Cl)nc2cnc(Cl)nc21. The first-order chi connectivity index (χ1) is 9.08. The Morgan fingerprint density at radius 3 is 2.74 bits per heavy atom. The second-order valence-electron chi connectivity index (χ2n) is 4.30. The zero-order valence-electron chi connectivity index (χ0n) is 9.64. The average Bonchev–Trinajstić information content (AvgIpc) is 2.78. The number of nitrogens with zero attached hydrogens (tertiary/aromatic N) is 4. The molecule has 0 spiro atoms. The first kappa shape index (κ1) is 12.5. The van der Waals surface area contributed by atoms with Crippen molar-refractivity contribution in [3.63, 3.8) is 0 Å². The van der Waals surface area contributed by atoms with Crippen molar-refractivity contribution in [1.29, 1.82) is 0 Å². The number of carbonyl (C=O) groups excluding carboxylic acids is 1. The molecule has 2 aromatic heterocycles. The Morgan fingerprint density at radius 2 is 2.05 bits per heavy atom. The van der Waals surface area contributed by atoms with Crippen molar-refractivity contribution in [1.82, 2.24) is 19.5 Å². The first-order valence-electron chi connectivity index (χ1n) is 5.71. The van der Waals surface area contributed by atoms with Crippen molar-refractivity contribution in [3.05, 3.63) is 27.0 Å². The molecule has 2 aromatic rings. The van der Waals surface area contributed by atoms with E-state index in [1.807, 2.05) is 0 Å². The molecule has 19 heavy (non-hydrogen) atoms. The molecule has 0 bridgehead atoms. The third-order valence-electron chi connectivity index (χ3n) is 3.15. The lowest BCUT2D eigenvalue weighted by Gasteiger charge is -2.14. The zero-order chi connectivity index (χ0) is 13.6. The van der Waals surface area contributed by atoms with Gasteiger partial charge in [0.2, 0.25) is 5.28 Å². The summed E-state index contributed by atoms with van der Waals surface area (Å²) < 4.78 is 1.29. The van der Waals surface area contributed by atoms with Crippen molar-refractivity contribution >= 4 is 40.1 Å². The van der Waals surface area contributed by atoms with Crippen LogP contribution in [0.5, 0.6) is 0 Å². The van der Waals surface area contributed by atoms with E-state index in [1.165, 1.54) is 10.8 Å². The van der Waals surface area contributed by atoms with Gasteiger partial charge in [0.15, 0.2) is 16.6 Å². The van der Waals surface area contributed by atoms with Gasteiger partial charge in [-0.2, -0.15) is 4.98 Å². The van der Waals surface area contributed by atoms with Crippen LogP contribution in [-0.2, 0) is 4.79 Å². The summed E-state index contributed by atoms with van der Waals surface area (Å²) in [5, 5.41) is -0.201.